The van der Waals surface area contributed by atoms with Crippen LogP contribution in [0.15, 0.2) is 45.4 Å². The molecule has 0 N–H and O–H groups in total. The molecule has 3 heterocycles. The number of fused-ring (bicyclic) bond motifs is 1. The summed E-state index contributed by atoms with van der Waals surface area (Å²) in [6.07, 6.45) is 4.87. The SMILES string of the molecule is CN=[S@@](C)(=O)c1cnc(N2CCN([C@@H](C)c3ccc4scnc4c3)CC2)nc1. The second-order valence-electron chi connectivity index (χ2n) is 6.98. The Hall–Kier alpha value is -2.10. The van der Waals surface area contributed by atoms with E-state index < -0.39 is 9.73 Å². The van der Waals surface area contributed by atoms with E-state index in [-0.39, 0.29) is 0 Å². The van der Waals surface area contributed by atoms with Gasteiger partial charge in [0, 0.05) is 57.9 Å². The number of rotatable bonds is 4. The van der Waals surface area contributed by atoms with Crippen LogP contribution in [-0.4, -0.2) is 63.5 Å². The van der Waals surface area contributed by atoms with E-state index in [2.05, 4.69) is 54.2 Å². The molecule has 0 radical (unpaired) electrons. The van der Waals surface area contributed by atoms with Crippen LogP contribution < -0.4 is 4.90 Å². The summed E-state index contributed by atoms with van der Waals surface area (Å²) in [6.45, 7) is 5.86. The highest BCUT2D eigenvalue weighted by molar-refractivity contribution is 7.93. The van der Waals surface area contributed by atoms with Crippen molar-refractivity contribution in [1.29, 1.82) is 0 Å². The van der Waals surface area contributed by atoms with E-state index in [0.29, 0.717) is 16.9 Å². The maximum atomic E-state index is 12.3. The molecular weight excluding hydrogens is 392 g/mol. The molecule has 0 unspecified atom stereocenters. The fourth-order valence-electron chi connectivity index (χ4n) is 3.43. The average molecular weight is 417 g/mol. The van der Waals surface area contributed by atoms with Gasteiger partial charge in [-0.2, -0.15) is 0 Å². The van der Waals surface area contributed by atoms with Gasteiger partial charge in [0.1, 0.15) is 0 Å². The number of benzene rings is 1. The topological polar surface area (TPSA) is 74.6 Å². The van der Waals surface area contributed by atoms with Crippen LogP contribution in [0.1, 0.15) is 18.5 Å². The number of hydrogen-bond acceptors (Lipinski definition) is 8. The molecule has 0 bridgehead atoms. The molecule has 0 saturated carbocycles. The molecule has 28 heavy (non-hydrogen) atoms. The van der Waals surface area contributed by atoms with Crippen molar-refractivity contribution in [2.75, 3.05) is 44.4 Å². The summed E-state index contributed by atoms with van der Waals surface area (Å²) in [5.74, 6) is 0.686. The van der Waals surface area contributed by atoms with Gasteiger partial charge in [-0.25, -0.2) is 23.5 Å². The average Bonchev–Trinajstić information content (AvgIpc) is 3.21. The normalized spacial score (nSPS) is 18.8. The van der Waals surface area contributed by atoms with Gasteiger partial charge in [-0.1, -0.05) is 6.07 Å². The van der Waals surface area contributed by atoms with E-state index in [1.54, 1.807) is 37.0 Å². The van der Waals surface area contributed by atoms with Crippen molar-refractivity contribution in [1.82, 2.24) is 19.9 Å². The molecule has 1 fully saturated rings. The number of piperazine rings is 1. The molecule has 9 heteroatoms. The molecule has 1 saturated heterocycles. The highest BCUT2D eigenvalue weighted by Gasteiger charge is 2.24. The first-order chi connectivity index (χ1) is 13.5. The third kappa shape index (κ3) is 3.74. The Balaban J connectivity index is 1.42. The summed E-state index contributed by atoms with van der Waals surface area (Å²) in [5, 5.41) is 0. The third-order valence-electron chi connectivity index (χ3n) is 5.38. The molecule has 1 aromatic carbocycles. The number of thiazole rings is 1. The van der Waals surface area contributed by atoms with Crippen molar-refractivity contribution in [2.45, 2.75) is 17.9 Å². The van der Waals surface area contributed by atoms with E-state index in [0.717, 1.165) is 31.7 Å². The summed E-state index contributed by atoms with van der Waals surface area (Å²) < 4.78 is 17.5. The first kappa shape index (κ1) is 19.2. The van der Waals surface area contributed by atoms with Crippen molar-refractivity contribution >= 4 is 37.2 Å². The first-order valence-electron chi connectivity index (χ1n) is 9.22. The van der Waals surface area contributed by atoms with Crippen LogP contribution in [0, 0.1) is 0 Å². The lowest BCUT2D eigenvalue weighted by Crippen LogP contribution is -2.47. The van der Waals surface area contributed by atoms with Crippen molar-refractivity contribution in [3.8, 4) is 0 Å². The molecule has 3 aromatic rings. The number of anilines is 1. The third-order valence-corrected chi connectivity index (χ3v) is 7.97. The maximum Gasteiger partial charge on any atom is 0.225 e. The minimum Gasteiger partial charge on any atom is -0.338 e. The van der Waals surface area contributed by atoms with Crippen molar-refractivity contribution in [2.24, 2.45) is 4.36 Å². The molecule has 4 rings (SSSR count). The van der Waals surface area contributed by atoms with Gasteiger partial charge < -0.3 is 4.90 Å². The van der Waals surface area contributed by atoms with E-state index in [9.17, 15) is 4.21 Å². The second-order valence-corrected chi connectivity index (χ2v) is 10.3. The van der Waals surface area contributed by atoms with Crippen molar-refractivity contribution in [3.63, 3.8) is 0 Å². The van der Waals surface area contributed by atoms with Gasteiger partial charge in [-0.15, -0.1) is 11.3 Å². The lowest BCUT2D eigenvalue weighted by molar-refractivity contribution is 0.198. The predicted molar refractivity (Wildman–Crippen MR) is 115 cm³/mol. The molecule has 1 aliphatic heterocycles. The van der Waals surface area contributed by atoms with Crippen LogP contribution in [0.5, 0.6) is 0 Å². The minimum absolute atomic E-state index is 0.340. The molecule has 0 spiro atoms. The highest BCUT2D eigenvalue weighted by atomic mass is 32.2. The zero-order valence-corrected chi connectivity index (χ0v) is 17.9. The summed E-state index contributed by atoms with van der Waals surface area (Å²) >= 11 is 1.68. The van der Waals surface area contributed by atoms with E-state index in [1.165, 1.54) is 10.3 Å². The summed E-state index contributed by atoms with van der Waals surface area (Å²) in [7, 11) is -0.831. The van der Waals surface area contributed by atoms with E-state index in [1.807, 2.05) is 5.51 Å². The Morgan fingerprint density at radius 3 is 2.54 bits per heavy atom. The van der Waals surface area contributed by atoms with E-state index in [4.69, 9.17) is 0 Å². The summed E-state index contributed by atoms with van der Waals surface area (Å²) in [4.78, 5) is 18.5. The molecule has 0 aliphatic carbocycles. The van der Waals surface area contributed by atoms with Crippen LogP contribution >= 0.6 is 11.3 Å². The van der Waals surface area contributed by atoms with Crippen molar-refractivity contribution < 1.29 is 4.21 Å². The van der Waals surface area contributed by atoms with Crippen LogP contribution in [-0.2, 0) is 9.73 Å². The summed E-state index contributed by atoms with van der Waals surface area (Å²) in [6, 6.07) is 6.91. The van der Waals surface area contributed by atoms with Crippen LogP contribution in [0.3, 0.4) is 0 Å². The van der Waals surface area contributed by atoms with Gasteiger partial charge in [-0.05, 0) is 24.6 Å². The quantitative estimate of drug-likeness (QED) is 0.651. The second kappa shape index (κ2) is 7.73. The predicted octanol–water partition coefficient (Wildman–Crippen LogP) is 3.06. The van der Waals surface area contributed by atoms with Crippen LogP contribution in [0.25, 0.3) is 10.2 Å². The van der Waals surface area contributed by atoms with Crippen molar-refractivity contribution in [3.05, 3.63) is 41.7 Å². The molecule has 0 amide bonds. The lowest BCUT2D eigenvalue weighted by atomic mass is 10.1. The molecule has 1 aliphatic rings. The largest absolute Gasteiger partial charge is 0.338 e. The first-order valence-corrected chi connectivity index (χ1v) is 12.0. The maximum absolute atomic E-state index is 12.3. The smallest absolute Gasteiger partial charge is 0.225 e. The Labute approximate surface area is 169 Å². The molecular formula is C19H24N6OS2. The monoisotopic (exact) mass is 416 g/mol. The molecule has 2 aromatic heterocycles. The van der Waals surface area contributed by atoms with E-state index >= 15 is 0 Å². The molecule has 7 nitrogen and oxygen atoms in total. The minimum atomic E-state index is -2.39. The van der Waals surface area contributed by atoms with Crippen LogP contribution in [0.2, 0.25) is 0 Å². The number of nitrogens with zero attached hydrogens (tertiary/aromatic N) is 6. The summed E-state index contributed by atoms with van der Waals surface area (Å²) in [5.41, 5.74) is 4.27. The van der Waals surface area contributed by atoms with Gasteiger partial charge in [0.15, 0.2) is 0 Å². The van der Waals surface area contributed by atoms with Gasteiger partial charge in [0.05, 0.1) is 30.4 Å². The lowest BCUT2D eigenvalue weighted by Gasteiger charge is -2.38. The Morgan fingerprint density at radius 2 is 1.86 bits per heavy atom. The number of aromatic nitrogens is 3. The zero-order valence-electron chi connectivity index (χ0n) is 16.3. The van der Waals surface area contributed by atoms with Crippen LogP contribution in [0.4, 0.5) is 5.95 Å². The van der Waals surface area contributed by atoms with Gasteiger partial charge in [-0.3, -0.25) is 4.90 Å². The number of hydrogen-bond donors (Lipinski definition) is 0. The van der Waals surface area contributed by atoms with Gasteiger partial charge in [0.2, 0.25) is 5.95 Å². The Morgan fingerprint density at radius 1 is 1.14 bits per heavy atom. The zero-order chi connectivity index (χ0) is 19.7. The highest BCUT2D eigenvalue weighted by Crippen LogP contribution is 2.27. The van der Waals surface area contributed by atoms with Gasteiger partial charge in [0.25, 0.3) is 0 Å². The Kier molecular flexibility index (Phi) is 5.31. The fourth-order valence-corrected chi connectivity index (χ4v) is 4.79. The molecule has 2 atom stereocenters. The Bertz CT molecular complexity index is 1080. The standard InChI is InChI=1S/C19H24N6OS2/c1-14(15-4-5-18-17(10-15)23-13-27-18)24-6-8-25(9-7-24)19-21-11-16(12-22-19)28(3,26)20-2/h4-5,10-14H,6-9H2,1-3H3/t14-,28-/m0/s1. The fraction of sp³-hybridized carbons (Fsp3) is 0.421. The van der Waals surface area contributed by atoms with Gasteiger partial charge >= 0.3 is 0 Å². The molecule has 148 valence electrons.